The average Bonchev–Trinajstić information content (AvgIpc) is 2.04. The molecule has 0 spiro atoms. The number of hydrogen-bond acceptors (Lipinski definition) is 3. The van der Waals surface area contributed by atoms with E-state index in [0.717, 1.165) is 0 Å². The summed E-state index contributed by atoms with van der Waals surface area (Å²) < 4.78 is 18.4. The molecule has 1 aliphatic heterocycles. The molecule has 4 atom stereocenters. The summed E-state index contributed by atoms with van der Waals surface area (Å²) >= 11 is 0. The molecule has 2 N–H and O–H groups in total. The van der Waals surface area contributed by atoms with E-state index in [1.54, 1.807) is 0 Å². The van der Waals surface area contributed by atoms with Gasteiger partial charge in [0.05, 0.1) is 12.7 Å². The second-order valence-electron chi connectivity index (χ2n) is 5.14. The molecule has 1 aliphatic rings. The number of aliphatic hydroxyl groups is 2. The van der Waals surface area contributed by atoms with Gasteiger partial charge < -0.3 is 14.9 Å². The van der Waals surface area contributed by atoms with Crippen LogP contribution in [0.5, 0.6) is 0 Å². The number of ether oxygens (including phenoxy) is 1. The highest BCUT2D eigenvalue weighted by molar-refractivity contribution is 4.88. The topological polar surface area (TPSA) is 49.7 Å². The minimum Gasteiger partial charge on any atom is -0.388 e. The fourth-order valence-electron chi connectivity index (χ4n) is 1.63. The van der Waals surface area contributed by atoms with Crippen molar-refractivity contribution in [2.75, 3.05) is 6.61 Å². The summed E-state index contributed by atoms with van der Waals surface area (Å²) in [4.78, 5) is 0. The van der Waals surface area contributed by atoms with E-state index in [-0.39, 0.29) is 12.0 Å². The predicted molar refractivity (Wildman–Crippen MR) is 50.7 cm³/mol. The van der Waals surface area contributed by atoms with E-state index in [1.165, 1.54) is 0 Å². The molecule has 0 saturated carbocycles. The van der Waals surface area contributed by atoms with Crippen LogP contribution < -0.4 is 0 Å². The smallest absolute Gasteiger partial charge is 0.156 e. The second-order valence-corrected chi connectivity index (χ2v) is 5.14. The second kappa shape index (κ2) is 4.13. The zero-order valence-corrected chi connectivity index (χ0v) is 8.90. The number of halogens is 1. The third-order valence-electron chi connectivity index (χ3n) is 2.37. The molecule has 0 aromatic heterocycles. The Morgan fingerprint density at radius 1 is 1.36 bits per heavy atom. The van der Waals surface area contributed by atoms with Gasteiger partial charge in [-0.2, -0.15) is 0 Å². The lowest BCUT2D eigenvalue weighted by molar-refractivity contribution is -0.172. The normalized spacial score (nSPS) is 39.9. The van der Waals surface area contributed by atoms with E-state index in [2.05, 4.69) is 0 Å². The van der Waals surface area contributed by atoms with E-state index in [0.29, 0.717) is 6.42 Å². The van der Waals surface area contributed by atoms with Crippen LogP contribution in [0.2, 0.25) is 0 Å². The summed E-state index contributed by atoms with van der Waals surface area (Å²) in [6, 6.07) is 0. The Kier molecular flexibility index (Phi) is 3.50. The SMILES string of the molecule is CC(C)(C)CC1OCC(O)C(F)C1O. The van der Waals surface area contributed by atoms with Crippen LogP contribution in [-0.2, 0) is 4.74 Å². The molecule has 84 valence electrons. The van der Waals surface area contributed by atoms with E-state index < -0.39 is 24.5 Å². The molecule has 4 unspecified atom stereocenters. The van der Waals surface area contributed by atoms with Gasteiger partial charge in [0.15, 0.2) is 6.17 Å². The number of aliphatic hydroxyl groups excluding tert-OH is 2. The number of alkyl halides is 1. The van der Waals surface area contributed by atoms with Crippen molar-refractivity contribution in [2.45, 2.75) is 51.7 Å². The predicted octanol–water partition coefficient (Wildman–Crippen LogP) is 0.881. The Morgan fingerprint density at radius 2 is 1.93 bits per heavy atom. The Bertz CT molecular complexity index is 190. The van der Waals surface area contributed by atoms with Crippen molar-refractivity contribution >= 4 is 0 Å². The lowest BCUT2D eigenvalue weighted by Gasteiger charge is -2.37. The summed E-state index contributed by atoms with van der Waals surface area (Å²) in [7, 11) is 0. The van der Waals surface area contributed by atoms with E-state index in [9.17, 15) is 9.50 Å². The molecule has 0 amide bonds. The summed E-state index contributed by atoms with van der Waals surface area (Å²) in [5, 5.41) is 18.6. The van der Waals surface area contributed by atoms with Gasteiger partial charge in [0.2, 0.25) is 0 Å². The van der Waals surface area contributed by atoms with Crippen LogP contribution in [0.25, 0.3) is 0 Å². The molecule has 1 saturated heterocycles. The summed E-state index contributed by atoms with van der Waals surface area (Å²) in [6.07, 6.45) is -3.91. The fraction of sp³-hybridized carbons (Fsp3) is 1.00. The minimum atomic E-state index is -1.59. The minimum absolute atomic E-state index is 0.0202. The molecule has 0 aromatic rings. The molecule has 14 heavy (non-hydrogen) atoms. The molecule has 1 rings (SSSR count). The maximum absolute atomic E-state index is 13.2. The Hall–Kier alpha value is -0.190. The van der Waals surface area contributed by atoms with Crippen molar-refractivity contribution in [2.24, 2.45) is 5.41 Å². The first-order chi connectivity index (χ1) is 6.31. The molecular formula is C10H19FO3. The van der Waals surface area contributed by atoms with E-state index in [4.69, 9.17) is 9.84 Å². The average molecular weight is 206 g/mol. The van der Waals surface area contributed by atoms with E-state index in [1.807, 2.05) is 20.8 Å². The fourth-order valence-corrected chi connectivity index (χ4v) is 1.63. The lowest BCUT2D eigenvalue weighted by atomic mass is 9.85. The molecule has 4 heteroatoms. The Balaban J connectivity index is 2.55. The van der Waals surface area contributed by atoms with Crippen molar-refractivity contribution in [1.29, 1.82) is 0 Å². The van der Waals surface area contributed by atoms with Gasteiger partial charge >= 0.3 is 0 Å². The first kappa shape index (κ1) is 11.9. The Labute approximate surface area is 83.9 Å². The van der Waals surface area contributed by atoms with Crippen LogP contribution in [0.4, 0.5) is 4.39 Å². The highest BCUT2D eigenvalue weighted by Crippen LogP contribution is 2.28. The zero-order chi connectivity index (χ0) is 10.9. The molecule has 3 nitrogen and oxygen atoms in total. The highest BCUT2D eigenvalue weighted by Gasteiger charge is 2.40. The van der Waals surface area contributed by atoms with Gasteiger partial charge in [-0.25, -0.2) is 4.39 Å². The third-order valence-corrected chi connectivity index (χ3v) is 2.37. The van der Waals surface area contributed by atoms with Gasteiger partial charge in [0.25, 0.3) is 0 Å². The maximum atomic E-state index is 13.2. The van der Waals surface area contributed by atoms with E-state index >= 15 is 0 Å². The number of hydrogen-bond donors (Lipinski definition) is 2. The van der Waals surface area contributed by atoms with Crippen LogP contribution in [0.3, 0.4) is 0 Å². The zero-order valence-electron chi connectivity index (χ0n) is 8.90. The van der Waals surface area contributed by atoms with Crippen molar-refractivity contribution in [3.8, 4) is 0 Å². The summed E-state index contributed by atoms with van der Waals surface area (Å²) in [6.45, 7) is 5.98. The molecule has 1 heterocycles. The van der Waals surface area contributed by atoms with Crippen molar-refractivity contribution in [3.63, 3.8) is 0 Å². The first-order valence-electron chi connectivity index (χ1n) is 4.93. The van der Waals surface area contributed by atoms with Gasteiger partial charge in [0.1, 0.15) is 12.2 Å². The van der Waals surface area contributed by atoms with Gasteiger partial charge in [-0.1, -0.05) is 20.8 Å². The van der Waals surface area contributed by atoms with Gasteiger partial charge in [0, 0.05) is 0 Å². The molecule has 1 fully saturated rings. The van der Waals surface area contributed by atoms with Crippen LogP contribution in [0, 0.1) is 5.41 Å². The molecular weight excluding hydrogens is 187 g/mol. The molecule has 0 aliphatic carbocycles. The Morgan fingerprint density at radius 3 is 2.43 bits per heavy atom. The van der Waals surface area contributed by atoms with Crippen LogP contribution in [0.15, 0.2) is 0 Å². The van der Waals surface area contributed by atoms with Crippen LogP contribution in [0.1, 0.15) is 27.2 Å². The summed E-state index contributed by atoms with van der Waals surface area (Å²) in [5.41, 5.74) is -0.0202. The summed E-state index contributed by atoms with van der Waals surface area (Å²) in [5.74, 6) is 0. The third kappa shape index (κ3) is 2.90. The van der Waals surface area contributed by atoms with Gasteiger partial charge in [-0.05, 0) is 11.8 Å². The molecule has 0 aromatic carbocycles. The monoisotopic (exact) mass is 206 g/mol. The maximum Gasteiger partial charge on any atom is 0.156 e. The largest absolute Gasteiger partial charge is 0.388 e. The quantitative estimate of drug-likeness (QED) is 0.669. The molecule has 0 radical (unpaired) electrons. The molecule has 0 bridgehead atoms. The lowest BCUT2D eigenvalue weighted by Crippen LogP contribution is -2.51. The van der Waals surface area contributed by atoms with Crippen LogP contribution in [-0.4, -0.2) is 41.3 Å². The first-order valence-corrected chi connectivity index (χ1v) is 4.93. The highest BCUT2D eigenvalue weighted by atomic mass is 19.1. The van der Waals surface area contributed by atoms with Gasteiger partial charge in [-0.3, -0.25) is 0 Å². The van der Waals surface area contributed by atoms with Crippen molar-refractivity contribution in [1.82, 2.24) is 0 Å². The standard InChI is InChI=1S/C10H19FO3/c1-10(2,3)4-7-9(13)8(11)6(12)5-14-7/h6-9,12-13H,4-5H2,1-3H3. The number of rotatable bonds is 1. The van der Waals surface area contributed by atoms with Crippen molar-refractivity contribution in [3.05, 3.63) is 0 Å². The van der Waals surface area contributed by atoms with Crippen LogP contribution >= 0.6 is 0 Å². The van der Waals surface area contributed by atoms with Crippen molar-refractivity contribution < 1.29 is 19.3 Å². The van der Waals surface area contributed by atoms with Gasteiger partial charge in [-0.15, -0.1) is 0 Å².